The molecule has 0 N–H and O–H groups in total. The lowest BCUT2D eigenvalue weighted by atomic mass is 10.1. The Morgan fingerprint density at radius 1 is 0.511 bits per heavy atom. The first-order valence-corrected chi connectivity index (χ1v) is 16.7. The molecule has 7 aromatic rings. The van der Waals surface area contributed by atoms with E-state index < -0.39 is 21.4 Å². The fraction of sp³-hybridized carbons (Fsp3) is 0.0270. The molecule has 1 heterocycles. The molecule has 0 unspecified atom stereocenters. The predicted molar refractivity (Wildman–Crippen MR) is 184 cm³/mol. The minimum atomic E-state index is -5.93. The largest absolute Gasteiger partial charge is 0.534 e. The fourth-order valence-corrected chi connectivity index (χ4v) is 7.13. The third-order valence-corrected chi connectivity index (χ3v) is 9.69. The van der Waals surface area contributed by atoms with Crippen LogP contribution in [0.15, 0.2) is 152 Å². The monoisotopic (exact) mass is 666 g/mol. The van der Waals surface area contributed by atoms with Crippen LogP contribution in [0.3, 0.4) is 0 Å². The molecule has 0 spiro atoms. The smallest absolute Gasteiger partial charge is 0.376 e. The van der Waals surface area contributed by atoms with Crippen LogP contribution in [0, 0.1) is 0 Å². The SMILES string of the molecule is O=S(=O)(Oc1ccc(N(c2ccccc2)c2ccccc2)c(N(c2ccccc2)c2ccc3c(c2)sc2ccccc23)c1)C(F)(F)F. The van der Waals surface area contributed by atoms with E-state index in [1.165, 1.54) is 12.1 Å². The summed E-state index contributed by atoms with van der Waals surface area (Å²) in [6, 6.07) is 46.7. The molecule has 0 aliphatic rings. The van der Waals surface area contributed by atoms with E-state index in [4.69, 9.17) is 0 Å². The number of nitrogens with zero attached hydrogens (tertiary/aromatic N) is 2. The van der Waals surface area contributed by atoms with Crippen molar-refractivity contribution in [2.24, 2.45) is 0 Å². The third-order valence-electron chi connectivity index (χ3n) is 7.58. The van der Waals surface area contributed by atoms with E-state index in [9.17, 15) is 21.6 Å². The second-order valence-corrected chi connectivity index (χ2v) is 13.2. The molecule has 0 radical (unpaired) electrons. The van der Waals surface area contributed by atoms with E-state index in [0.29, 0.717) is 22.7 Å². The Labute approximate surface area is 273 Å². The molecular formula is C37H25F3N2O3S2. The first-order valence-electron chi connectivity index (χ1n) is 14.5. The number of fused-ring (bicyclic) bond motifs is 3. The van der Waals surface area contributed by atoms with Gasteiger partial charge in [-0.2, -0.15) is 21.6 Å². The molecule has 0 saturated heterocycles. The van der Waals surface area contributed by atoms with Crippen LogP contribution < -0.4 is 14.0 Å². The summed E-state index contributed by atoms with van der Waals surface area (Å²) in [4.78, 5) is 3.86. The molecule has 1 aromatic heterocycles. The maximum absolute atomic E-state index is 13.5. The number of anilines is 6. The normalized spacial score (nSPS) is 11.9. The van der Waals surface area contributed by atoms with E-state index in [2.05, 4.69) is 16.3 Å². The van der Waals surface area contributed by atoms with Crippen LogP contribution in [0.5, 0.6) is 5.75 Å². The molecule has 5 nitrogen and oxygen atoms in total. The van der Waals surface area contributed by atoms with Crippen LogP contribution in [0.4, 0.5) is 47.3 Å². The van der Waals surface area contributed by atoms with Gasteiger partial charge in [0.25, 0.3) is 0 Å². The molecular weight excluding hydrogens is 642 g/mol. The molecule has 0 bridgehead atoms. The quantitative estimate of drug-likeness (QED) is 0.119. The molecule has 0 saturated carbocycles. The summed E-state index contributed by atoms with van der Waals surface area (Å²) in [5, 5.41) is 2.20. The Morgan fingerprint density at radius 2 is 1.02 bits per heavy atom. The van der Waals surface area contributed by atoms with Crippen molar-refractivity contribution in [3.63, 3.8) is 0 Å². The highest BCUT2D eigenvalue weighted by Gasteiger charge is 2.48. The van der Waals surface area contributed by atoms with E-state index in [-0.39, 0.29) is 0 Å². The van der Waals surface area contributed by atoms with Gasteiger partial charge >= 0.3 is 15.6 Å². The Morgan fingerprint density at radius 3 is 1.60 bits per heavy atom. The molecule has 0 atom stereocenters. The highest BCUT2D eigenvalue weighted by molar-refractivity contribution is 7.88. The zero-order chi connectivity index (χ0) is 32.6. The lowest BCUT2D eigenvalue weighted by molar-refractivity contribution is -0.0500. The van der Waals surface area contributed by atoms with E-state index in [1.54, 1.807) is 17.4 Å². The predicted octanol–water partition coefficient (Wildman–Crippen LogP) is 11.2. The minimum Gasteiger partial charge on any atom is -0.376 e. The van der Waals surface area contributed by atoms with Crippen LogP contribution in [-0.4, -0.2) is 13.9 Å². The second-order valence-electron chi connectivity index (χ2n) is 10.6. The first-order chi connectivity index (χ1) is 22.7. The molecule has 234 valence electrons. The number of rotatable bonds is 8. The van der Waals surface area contributed by atoms with E-state index in [0.717, 1.165) is 31.5 Å². The number of para-hydroxylation sites is 3. The van der Waals surface area contributed by atoms with Gasteiger partial charge < -0.3 is 14.0 Å². The van der Waals surface area contributed by atoms with Crippen LogP contribution in [0.25, 0.3) is 20.2 Å². The van der Waals surface area contributed by atoms with Gasteiger partial charge in [-0.3, -0.25) is 0 Å². The third kappa shape index (κ3) is 5.89. The summed E-state index contributed by atoms with van der Waals surface area (Å²) in [5.74, 6) is -0.481. The van der Waals surface area contributed by atoms with Crippen molar-refractivity contribution in [3.8, 4) is 5.75 Å². The summed E-state index contributed by atoms with van der Waals surface area (Å²) in [6.45, 7) is 0. The summed E-state index contributed by atoms with van der Waals surface area (Å²) >= 11 is 1.64. The average Bonchev–Trinajstić information content (AvgIpc) is 3.45. The van der Waals surface area contributed by atoms with Crippen molar-refractivity contribution in [3.05, 3.63) is 152 Å². The van der Waals surface area contributed by atoms with Gasteiger partial charge in [0.05, 0.1) is 11.4 Å². The number of hydrogen-bond donors (Lipinski definition) is 0. The first kappa shape index (κ1) is 30.3. The van der Waals surface area contributed by atoms with Gasteiger partial charge in [-0.1, -0.05) is 78.9 Å². The Bertz CT molecular complexity index is 2260. The summed E-state index contributed by atoms with van der Waals surface area (Å²) < 4.78 is 71.6. The van der Waals surface area contributed by atoms with Crippen LogP contribution in [-0.2, 0) is 10.1 Å². The number of alkyl halides is 3. The van der Waals surface area contributed by atoms with Gasteiger partial charge in [0.15, 0.2) is 0 Å². The molecule has 7 rings (SSSR count). The van der Waals surface area contributed by atoms with E-state index in [1.807, 2.05) is 131 Å². The van der Waals surface area contributed by atoms with Crippen molar-refractivity contribution in [2.45, 2.75) is 5.51 Å². The second kappa shape index (κ2) is 12.1. The van der Waals surface area contributed by atoms with Gasteiger partial charge in [0.2, 0.25) is 0 Å². The number of benzene rings is 6. The van der Waals surface area contributed by atoms with Gasteiger partial charge in [0, 0.05) is 49.0 Å². The average molecular weight is 667 g/mol. The maximum Gasteiger partial charge on any atom is 0.534 e. The van der Waals surface area contributed by atoms with Crippen molar-refractivity contribution in [1.29, 1.82) is 0 Å². The van der Waals surface area contributed by atoms with Crippen molar-refractivity contribution in [1.82, 2.24) is 0 Å². The Kier molecular flexibility index (Phi) is 7.83. The van der Waals surface area contributed by atoms with Gasteiger partial charge in [-0.15, -0.1) is 11.3 Å². The molecule has 0 aliphatic heterocycles. The lowest BCUT2D eigenvalue weighted by Gasteiger charge is -2.33. The molecule has 6 aromatic carbocycles. The fourth-order valence-electron chi connectivity index (χ4n) is 5.54. The zero-order valence-electron chi connectivity index (χ0n) is 24.5. The molecule has 0 aliphatic carbocycles. The highest BCUT2D eigenvalue weighted by atomic mass is 32.2. The minimum absolute atomic E-state index is 0.388. The van der Waals surface area contributed by atoms with Gasteiger partial charge in [0.1, 0.15) is 5.75 Å². The molecule has 10 heteroatoms. The summed E-state index contributed by atoms with van der Waals surface area (Å²) in [5.41, 5.74) is -1.66. The molecule has 0 amide bonds. The zero-order valence-corrected chi connectivity index (χ0v) is 26.1. The standard InChI is InChI=1S/C37H25F3N2O3S2/c38-37(39,40)47(43,44)45-30-21-23-33(41(26-12-4-1-5-13-26)27-14-6-2-7-15-27)34(25-30)42(28-16-8-3-9-17-28)29-20-22-32-31-18-10-11-19-35(31)46-36(32)24-29/h1-25H. The van der Waals surface area contributed by atoms with Crippen LogP contribution >= 0.6 is 11.3 Å². The maximum atomic E-state index is 13.5. The summed E-state index contributed by atoms with van der Waals surface area (Å²) in [6.07, 6.45) is 0. The van der Waals surface area contributed by atoms with E-state index >= 15 is 0 Å². The summed E-state index contributed by atoms with van der Waals surface area (Å²) in [7, 11) is -5.93. The Hall–Kier alpha value is -5.32. The Balaban J connectivity index is 1.51. The molecule has 0 fully saturated rings. The number of hydrogen-bond acceptors (Lipinski definition) is 6. The van der Waals surface area contributed by atoms with Gasteiger partial charge in [-0.25, -0.2) is 0 Å². The number of thiophene rings is 1. The topological polar surface area (TPSA) is 49.9 Å². The van der Waals surface area contributed by atoms with Crippen molar-refractivity contribution < 1.29 is 25.8 Å². The van der Waals surface area contributed by atoms with Crippen molar-refractivity contribution >= 4 is 75.8 Å². The van der Waals surface area contributed by atoms with Crippen LogP contribution in [0.2, 0.25) is 0 Å². The highest BCUT2D eigenvalue weighted by Crippen LogP contribution is 2.48. The van der Waals surface area contributed by atoms with Crippen molar-refractivity contribution in [2.75, 3.05) is 9.80 Å². The number of halogens is 3. The van der Waals surface area contributed by atoms with Crippen LogP contribution in [0.1, 0.15) is 0 Å². The van der Waals surface area contributed by atoms with Gasteiger partial charge in [-0.05, 0) is 66.7 Å². The molecule has 47 heavy (non-hydrogen) atoms. The lowest BCUT2D eigenvalue weighted by Crippen LogP contribution is -2.28.